The lowest BCUT2D eigenvalue weighted by Crippen LogP contribution is -2.60. The van der Waals surface area contributed by atoms with E-state index < -0.39 is 78.6 Å². The Morgan fingerprint density at radius 2 is 1.37 bits per heavy atom. The summed E-state index contributed by atoms with van der Waals surface area (Å²) in [5, 5.41) is 25.9. The average molecular weight is 495 g/mol. The normalized spacial score (nSPS) is 14.9. The molecule has 0 aromatic heterocycles. The minimum atomic E-state index is -1.69. The number of benzene rings is 1. The minimum Gasteiger partial charge on any atom is -0.480 e. The Kier molecular flexibility index (Phi) is 11.3. The van der Waals surface area contributed by atoms with Crippen LogP contribution in [-0.4, -0.2) is 76.0 Å². The number of amides is 5. The first-order valence-electron chi connectivity index (χ1n) is 10.5. The molecule has 192 valence electrons. The summed E-state index contributed by atoms with van der Waals surface area (Å²) in [6.45, 7) is 1.17. The molecule has 5 amide bonds. The molecule has 0 spiro atoms. The van der Waals surface area contributed by atoms with Gasteiger partial charge >= 0.3 is 5.97 Å². The number of carboxylic acid groups (broad SMARTS) is 1. The van der Waals surface area contributed by atoms with Gasteiger partial charge in [-0.2, -0.15) is 0 Å². The fraction of sp³-hybridized carbons (Fsp3) is 0.429. The Hall–Kier alpha value is -4.04. The summed E-state index contributed by atoms with van der Waals surface area (Å²) in [5.41, 5.74) is 16.3. The molecule has 0 aliphatic carbocycles. The van der Waals surface area contributed by atoms with E-state index >= 15 is 0 Å². The monoisotopic (exact) mass is 494 g/mol. The number of carbonyl (C=O) groups excluding carboxylic acids is 5. The van der Waals surface area contributed by atoms with Crippen molar-refractivity contribution in [3.05, 3.63) is 35.9 Å². The number of aliphatic carboxylic acids is 1. The number of nitrogens with two attached hydrogens (primary N) is 3. The number of carbonyl (C=O) groups is 6. The second-order valence-electron chi connectivity index (χ2n) is 7.82. The van der Waals surface area contributed by atoms with E-state index in [2.05, 4.69) is 10.6 Å². The quantitative estimate of drug-likeness (QED) is 0.126. The average Bonchev–Trinajstić information content (AvgIpc) is 2.75. The van der Waals surface area contributed by atoms with Crippen molar-refractivity contribution < 1.29 is 39.0 Å². The number of aliphatic hydroxyl groups is 1. The molecule has 14 heteroatoms. The summed E-state index contributed by atoms with van der Waals surface area (Å²) in [6, 6.07) is 2.52. The number of carboxylic acids is 1. The number of rotatable bonds is 14. The van der Waals surface area contributed by atoms with Gasteiger partial charge in [0.05, 0.1) is 25.0 Å². The van der Waals surface area contributed by atoms with E-state index in [1.54, 1.807) is 30.3 Å². The zero-order valence-corrected chi connectivity index (χ0v) is 19.0. The molecule has 0 aliphatic heterocycles. The highest BCUT2D eigenvalue weighted by Crippen LogP contribution is 2.06. The van der Waals surface area contributed by atoms with Gasteiger partial charge in [0.1, 0.15) is 18.1 Å². The van der Waals surface area contributed by atoms with E-state index in [1.165, 1.54) is 6.92 Å². The molecule has 0 fully saturated rings. The number of primary amides is 2. The molecule has 5 atom stereocenters. The van der Waals surface area contributed by atoms with Crippen molar-refractivity contribution in [2.75, 3.05) is 0 Å². The Bertz CT molecular complexity index is 939. The number of hydrogen-bond acceptors (Lipinski definition) is 8. The zero-order chi connectivity index (χ0) is 26.7. The SMILES string of the molecule is CC(O)C(NC(=O)C(Cc1ccccc1)NC(=O)C(N)CC(N)=O)C(=O)NC(CC(N)=O)C(=O)O. The Balaban J connectivity index is 3.08. The van der Waals surface area contributed by atoms with Gasteiger partial charge in [-0.1, -0.05) is 30.3 Å². The molecule has 0 aliphatic rings. The van der Waals surface area contributed by atoms with Crippen molar-refractivity contribution in [1.29, 1.82) is 0 Å². The van der Waals surface area contributed by atoms with Gasteiger partial charge in [0.2, 0.25) is 29.5 Å². The van der Waals surface area contributed by atoms with Crippen LogP contribution in [0.3, 0.4) is 0 Å². The summed E-state index contributed by atoms with van der Waals surface area (Å²) in [4.78, 5) is 71.4. The van der Waals surface area contributed by atoms with Crippen LogP contribution in [0.4, 0.5) is 0 Å². The molecule has 0 radical (unpaired) electrons. The summed E-state index contributed by atoms with van der Waals surface area (Å²) < 4.78 is 0. The fourth-order valence-corrected chi connectivity index (χ4v) is 2.97. The first-order valence-corrected chi connectivity index (χ1v) is 10.5. The maximum atomic E-state index is 13.0. The van der Waals surface area contributed by atoms with Crippen molar-refractivity contribution in [2.45, 2.75) is 56.5 Å². The van der Waals surface area contributed by atoms with Gasteiger partial charge in [-0.15, -0.1) is 0 Å². The van der Waals surface area contributed by atoms with Crippen LogP contribution in [-0.2, 0) is 35.2 Å². The fourth-order valence-electron chi connectivity index (χ4n) is 2.97. The molecule has 35 heavy (non-hydrogen) atoms. The van der Waals surface area contributed by atoms with Crippen LogP contribution < -0.4 is 33.2 Å². The highest BCUT2D eigenvalue weighted by molar-refractivity contribution is 5.96. The molecule has 1 aromatic rings. The molecule has 14 nitrogen and oxygen atoms in total. The first kappa shape index (κ1) is 29.0. The van der Waals surface area contributed by atoms with Crippen LogP contribution >= 0.6 is 0 Å². The standard InChI is InChI=1S/C21H30N6O8/c1-10(28)17(20(33)26-14(21(34)35)9-16(24)30)27-19(32)13(7-11-5-3-2-4-6-11)25-18(31)12(22)8-15(23)29/h2-6,10,12-14,17,28H,7-9,22H2,1H3,(H2,23,29)(H2,24,30)(H,25,31)(H,26,33)(H,27,32)(H,34,35). The molecule has 0 saturated heterocycles. The number of nitrogens with one attached hydrogen (secondary N) is 3. The lowest BCUT2D eigenvalue weighted by molar-refractivity contribution is -0.144. The van der Waals surface area contributed by atoms with E-state index in [-0.39, 0.29) is 6.42 Å². The lowest BCUT2D eigenvalue weighted by atomic mass is 10.0. The zero-order valence-electron chi connectivity index (χ0n) is 19.0. The summed E-state index contributed by atoms with van der Waals surface area (Å²) >= 11 is 0. The third kappa shape index (κ3) is 10.2. The number of hydrogen-bond donors (Lipinski definition) is 8. The second-order valence-corrected chi connectivity index (χ2v) is 7.82. The molecular formula is C21H30N6O8. The predicted molar refractivity (Wildman–Crippen MR) is 121 cm³/mol. The van der Waals surface area contributed by atoms with Crippen LogP contribution in [0.2, 0.25) is 0 Å². The predicted octanol–water partition coefficient (Wildman–Crippen LogP) is -3.77. The van der Waals surface area contributed by atoms with Crippen LogP contribution in [0.1, 0.15) is 25.3 Å². The summed E-state index contributed by atoms with van der Waals surface area (Å²) in [5.74, 6) is -6.23. The highest BCUT2D eigenvalue weighted by Gasteiger charge is 2.33. The number of aliphatic hydroxyl groups excluding tert-OH is 1. The van der Waals surface area contributed by atoms with Gasteiger partial charge in [-0.25, -0.2) is 4.79 Å². The Morgan fingerprint density at radius 1 is 0.829 bits per heavy atom. The van der Waals surface area contributed by atoms with Gasteiger partial charge in [0.15, 0.2) is 0 Å². The van der Waals surface area contributed by atoms with E-state index in [4.69, 9.17) is 17.2 Å². The van der Waals surface area contributed by atoms with Crippen LogP contribution in [0, 0.1) is 0 Å². The highest BCUT2D eigenvalue weighted by atomic mass is 16.4. The lowest BCUT2D eigenvalue weighted by Gasteiger charge is -2.26. The summed E-state index contributed by atoms with van der Waals surface area (Å²) in [7, 11) is 0. The molecule has 0 bridgehead atoms. The van der Waals surface area contributed by atoms with E-state index in [0.29, 0.717) is 5.56 Å². The maximum Gasteiger partial charge on any atom is 0.326 e. The van der Waals surface area contributed by atoms with Crippen molar-refractivity contribution >= 4 is 35.5 Å². The second kappa shape index (κ2) is 13.6. The Labute approximate surface area is 200 Å². The molecule has 0 heterocycles. The maximum absolute atomic E-state index is 13.0. The largest absolute Gasteiger partial charge is 0.480 e. The Morgan fingerprint density at radius 3 is 1.86 bits per heavy atom. The van der Waals surface area contributed by atoms with Gasteiger partial charge in [-0.05, 0) is 12.5 Å². The van der Waals surface area contributed by atoms with Crippen LogP contribution in [0.5, 0.6) is 0 Å². The smallest absolute Gasteiger partial charge is 0.326 e. The molecule has 0 saturated carbocycles. The van der Waals surface area contributed by atoms with Gasteiger partial charge < -0.3 is 43.4 Å². The molecule has 1 rings (SSSR count). The van der Waals surface area contributed by atoms with Crippen molar-refractivity contribution in [3.8, 4) is 0 Å². The van der Waals surface area contributed by atoms with Crippen molar-refractivity contribution in [3.63, 3.8) is 0 Å². The third-order valence-electron chi connectivity index (χ3n) is 4.76. The molecular weight excluding hydrogens is 464 g/mol. The van der Waals surface area contributed by atoms with E-state index in [1.807, 2.05) is 5.32 Å². The van der Waals surface area contributed by atoms with Crippen LogP contribution in [0.25, 0.3) is 0 Å². The third-order valence-corrected chi connectivity index (χ3v) is 4.76. The van der Waals surface area contributed by atoms with Crippen molar-refractivity contribution in [1.82, 2.24) is 16.0 Å². The minimum absolute atomic E-state index is 0.0463. The molecule has 11 N–H and O–H groups in total. The van der Waals surface area contributed by atoms with Gasteiger partial charge in [0, 0.05) is 6.42 Å². The van der Waals surface area contributed by atoms with Gasteiger partial charge in [0.25, 0.3) is 0 Å². The first-order chi connectivity index (χ1) is 16.3. The summed E-state index contributed by atoms with van der Waals surface area (Å²) in [6.07, 6.45) is -2.73. The van der Waals surface area contributed by atoms with E-state index in [9.17, 15) is 39.0 Å². The van der Waals surface area contributed by atoms with Gasteiger partial charge in [-0.3, -0.25) is 24.0 Å². The van der Waals surface area contributed by atoms with Crippen LogP contribution in [0.15, 0.2) is 30.3 Å². The van der Waals surface area contributed by atoms with Crippen molar-refractivity contribution in [2.24, 2.45) is 17.2 Å². The molecule has 1 aromatic carbocycles. The van der Waals surface area contributed by atoms with E-state index in [0.717, 1.165) is 0 Å². The molecule has 5 unspecified atom stereocenters. The topological polar surface area (TPSA) is 257 Å².